The predicted octanol–water partition coefficient (Wildman–Crippen LogP) is 7.32. The van der Waals surface area contributed by atoms with Gasteiger partial charge in [-0.05, 0) is 99.5 Å². The van der Waals surface area contributed by atoms with E-state index in [1.165, 1.54) is 70.6 Å². The van der Waals surface area contributed by atoms with Crippen molar-refractivity contribution in [1.29, 1.82) is 0 Å². The van der Waals surface area contributed by atoms with Gasteiger partial charge in [-0.25, -0.2) is 0 Å². The van der Waals surface area contributed by atoms with Crippen LogP contribution in [-0.4, -0.2) is 13.1 Å². The molecule has 3 aliphatic rings. The molecule has 4 atom stereocenters. The SMILES string of the molecule is CCCC1CCC2CC(C3CCC(C(=O)Oc4ccc(OC)c(F)c4F)CC3)CCC2C1. The van der Waals surface area contributed by atoms with E-state index in [1.54, 1.807) is 0 Å². The Balaban J connectivity index is 1.26. The number of carbonyl (C=O) groups is 1. The molecule has 178 valence electrons. The summed E-state index contributed by atoms with van der Waals surface area (Å²) in [6, 6.07) is 2.54. The molecule has 0 heterocycles. The lowest BCUT2D eigenvalue weighted by atomic mass is 9.60. The minimum atomic E-state index is -1.17. The molecule has 3 saturated carbocycles. The Bertz CT molecular complexity index is 787. The van der Waals surface area contributed by atoms with Crippen molar-refractivity contribution in [2.75, 3.05) is 7.11 Å². The van der Waals surface area contributed by atoms with Gasteiger partial charge in [0.25, 0.3) is 0 Å². The molecule has 3 aliphatic carbocycles. The van der Waals surface area contributed by atoms with E-state index in [2.05, 4.69) is 6.92 Å². The lowest BCUT2D eigenvalue weighted by Gasteiger charge is -2.45. The highest BCUT2D eigenvalue weighted by Gasteiger charge is 2.39. The number of ether oxygens (including phenoxy) is 2. The molecule has 0 aliphatic heterocycles. The molecule has 1 aromatic rings. The average molecular weight is 449 g/mol. The maximum absolute atomic E-state index is 14.2. The first-order chi connectivity index (χ1) is 15.5. The van der Waals surface area contributed by atoms with E-state index in [0.29, 0.717) is 5.92 Å². The third-order valence-corrected chi connectivity index (χ3v) is 8.67. The summed E-state index contributed by atoms with van der Waals surface area (Å²) in [7, 11) is 1.27. The molecule has 3 fully saturated rings. The van der Waals surface area contributed by atoms with Crippen LogP contribution in [0.1, 0.15) is 84.0 Å². The molecule has 4 rings (SSSR count). The smallest absolute Gasteiger partial charge is 0.314 e. The van der Waals surface area contributed by atoms with Crippen molar-refractivity contribution in [2.24, 2.45) is 35.5 Å². The van der Waals surface area contributed by atoms with Gasteiger partial charge in [-0.3, -0.25) is 4.79 Å². The van der Waals surface area contributed by atoms with Gasteiger partial charge in [0, 0.05) is 0 Å². The van der Waals surface area contributed by atoms with E-state index in [0.717, 1.165) is 49.4 Å². The number of benzene rings is 1. The third kappa shape index (κ3) is 5.12. The molecule has 0 bridgehead atoms. The molecular weight excluding hydrogens is 410 g/mol. The van der Waals surface area contributed by atoms with Crippen LogP contribution < -0.4 is 9.47 Å². The van der Waals surface area contributed by atoms with Gasteiger partial charge in [0.1, 0.15) is 0 Å². The fourth-order valence-corrected chi connectivity index (χ4v) is 6.89. The number of halogens is 2. The summed E-state index contributed by atoms with van der Waals surface area (Å²) in [4.78, 5) is 12.6. The molecule has 4 unspecified atom stereocenters. The normalized spacial score (nSPS) is 32.8. The van der Waals surface area contributed by atoms with Crippen molar-refractivity contribution in [3.8, 4) is 11.5 Å². The van der Waals surface area contributed by atoms with Crippen LogP contribution in [0.2, 0.25) is 0 Å². The van der Waals surface area contributed by atoms with E-state index >= 15 is 0 Å². The van der Waals surface area contributed by atoms with Crippen molar-refractivity contribution in [2.45, 2.75) is 84.0 Å². The molecule has 0 aromatic heterocycles. The third-order valence-electron chi connectivity index (χ3n) is 8.67. The largest absolute Gasteiger partial charge is 0.494 e. The molecule has 3 nitrogen and oxygen atoms in total. The minimum absolute atomic E-state index is 0.198. The zero-order valence-electron chi connectivity index (χ0n) is 19.6. The topological polar surface area (TPSA) is 35.5 Å². The zero-order valence-corrected chi connectivity index (χ0v) is 19.6. The molecule has 0 saturated heterocycles. The number of methoxy groups -OCH3 is 1. The van der Waals surface area contributed by atoms with Gasteiger partial charge in [0.2, 0.25) is 11.6 Å². The quantitative estimate of drug-likeness (QED) is 0.338. The highest BCUT2D eigenvalue weighted by molar-refractivity contribution is 5.75. The van der Waals surface area contributed by atoms with Gasteiger partial charge in [0.05, 0.1) is 13.0 Å². The molecule has 0 amide bonds. The lowest BCUT2D eigenvalue weighted by Crippen LogP contribution is -2.35. The first kappa shape index (κ1) is 23.5. The standard InChI is InChI=1S/C27H38F2O3/c1-3-4-17-5-6-22-16-21(12-11-20(22)15-17)18-7-9-19(10-8-18)27(30)32-24-14-13-23(31-2)25(28)26(24)29/h13-14,17-22H,3-12,15-16H2,1-2H3. The second-order valence-electron chi connectivity index (χ2n) is 10.5. The number of fused-ring (bicyclic) bond motifs is 1. The number of rotatable bonds is 6. The molecule has 0 N–H and O–H groups in total. The van der Waals surface area contributed by atoms with Gasteiger partial charge < -0.3 is 9.47 Å². The maximum Gasteiger partial charge on any atom is 0.314 e. The van der Waals surface area contributed by atoms with Crippen LogP contribution >= 0.6 is 0 Å². The van der Waals surface area contributed by atoms with Crippen LogP contribution in [0.3, 0.4) is 0 Å². The molecule has 5 heteroatoms. The van der Waals surface area contributed by atoms with Gasteiger partial charge in [-0.2, -0.15) is 8.78 Å². The Morgan fingerprint density at radius 1 is 0.844 bits per heavy atom. The van der Waals surface area contributed by atoms with Crippen molar-refractivity contribution in [1.82, 2.24) is 0 Å². The van der Waals surface area contributed by atoms with Gasteiger partial charge in [-0.15, -0.1) is 0 Å². The monoisotopic (exact) mass is 448 g/mol. The summed E-state index contributed by atoms with van der Waals surface area (Å²) in [6.45, 7) is 2.31. The maximum atomic E-state index is 14.2. The summed E-state index contributed by atoms with van der Waals surface area (Å²) in [5.74, 6) is 0.805. The summed E-state index contributed by atoms with van der Waals surface area (Å²) < 4.78 is 38.1. The van der Waals surface area contributed by atoms with Crippen LogP contribution in [0.25, 0.3) is 0 Å². The summed E-state index contributed by atoms with van der Waals surface area (Å²) in [6.07, 6.45) is 14.8. The Labute approximate surface area is 191 Å². The first-order valence-electron chi connectivity index (χ1n) is 12.7. The summed E-state index contributed by atoms with van der Waals surface area (Å²) in [5.41, 5.74) is 0. The van der Waals surface area contributed by atoms with Crippen LogP contribution in [0, 0.1) is 47.1 Å². The van der Waals surface area contributed by atoms with Crippen LogP contribution in [0.4, 0.5) is 8.78 Å². The van der Waals surface area contributed by atoms with Crippen molar-refractivity contribution in [3.05, 3.63) is 23.8 Å². The highest BCUT2D eigenvalue weighted by atomic mass is 19.2. The van der Waals surface area contributed by atoms with Crippen LogP contribution in [0.5, 0.6) is 11.5 Å². The second kappa shape index (κ2) is 10.5. The molecule has 0 radical (unpaired) electrons. The van der Waals surface area contributed by atoms with E-state index in [4.69, 9.17) is 9.47 Å². The average Bonchev–Trinajstić information content (AvgIpc) is 2.82. The Kier molecular flexibility index (Phi) is 7.73. The molecule has 0 spiro atoms. The van der Waals surface area contributed by atoms with Crippen molar-refractivity contribution in [3.63, 3.8) is 0 Å². The minimum Gasteiger partial charge on any atom is -0.494 e. The van der Waals surface area contributed by atoms with Crippen molar-refractivity contribution >= 4 is 5.97 Å². The van der Waals surface area contributed by atoms with Crippen LogP contribution in [-0.2, 0) is 4.79 Å². The number of hydrogen-bond acceptors (Lipinski definition) is 3. The van der Waals surface area contributed by atoms with E-state index in [-0.39, 0.29) is 17.4 Å². The van der Waals surface area contributed by atoms with E-state index in [1.807, 2.05) is 0 Å². The van der Waals surface area contributed by atoms with Crippen molar-refractivity contribution < 1.29 is 23.0 Å². The van der Waals surface area contributed by atoms with E-state index < -0.39 is 17.6 Å². The molecule has 32 heavy (non-hydrogen) atoms. The fraction of sp³-hybridized carbons (Fsp3) is 0.741. The number of carbonyl (C=O) groups excluding carboxylic acids is 1. The van der Waals surface area contributed by atoms with Gasteiger partial charge >= 0.3 is 5.97 Å². The zero-order chi connectivity index (χ0) is 22.7. The Morgan fingerprint density at radius 3 is 2.09 bits per heavy atom. The lowest BCUT2D eigenvalue weighted by molar-refractivity contribution is -0.140. The number of esters is 1. The van der Waals surface area contributed by atoms with Crippen LogP contribution in [0.15, 0.2) is 12.1 Å². The molecular formula is C27H38F2O3. The van der Waals surface area contributed by atoms with E-state index in [9.17, 15) is 13.6 Å². The highest BCUT2D eigenvalue weighted by Crippen LogP contribution is 2.49. The first-order valence-corrected chi connectivity index (χ1v) is 12.7. The van der Waals surface area contributed by atoms with Gasteiger partial charge in [0.15, 0.2) is 11.5 Å². The summed E-state index contributed by atoms with van der Waals surface area (Å²) >= 11 is 0. The second-order valence-corrected chi connectivity index (χ2v) is 10.5. The summed E-state index contributed by atoms with van der Waals surface area (Å²) in [5, 5.41) is 0. The molecule has 1 aromatic carbocycles. The van der Waals surface area contributed by atoms with Gasteiger partial charge in [-0.1, -0.05) is 26.2 Å². The predicted molar refractivity (Wildman–Crippen MR) is 121 cm³/mol. The Morgan fingerprint density at radius 2 is 1.41 bits per heavy atom. The fourth-order valence-electron chi connectivity index (χ4n) is 6.89. The Hall–Kier alpha value is -1.65. The number of hydrogen-bond donors (Lipinski definition) is 0.